The normalized spacial score (nSPS) is 20.7. The van der Waals surface area contributed by atoms with Crippen LogP contribution in [-0.2, 0) is 32.0 Å². The standard InChI is InChI=1S/C26H28Br2IN3O7/c1-4-11(2)21-25(36)31-19(26(37)38)9-13-5-15(27)23(16(28)6-13)39-20-10-14(7-17(29)22(20)34)8-18(24(35)32-21)30-12(3)33/h5-7,10-11,18-19,21,34H,4,8-9H2,1-3H3,(H,30,33)(H,31,36)(H,32,35)(H,37,38)/t11-,18-,19-,21+/m0/s1. The fraction of sp³-hybridized carbons (Fsp3) is 0.385. The van der Waals surface area contributed by atoms with Gasteiger partial charge in [0.25, 0.3) is 0 Å². The minimum Gasteiger partial charge on any atom is -0.504 e. The Kier molecular flexibility index (Phi) is 10.6. The lowest BCUT2D eigenvalue weighted by Gasteiger charge is -2.27. The van der Waals surface area contributed by atoms with Crippen LogP contribution < -0.4 is 20.7 Å². The third kappa shape index (κ3) is 7.84. The third-order valence-corrected chi connectivity index (χ3v) is 8.34. The molecule has 0 fully saturated rings. The zero-order valence-electron chi connectivity index (χ0n) is 21.3. The van der Waals surface area contributed by atoms with Crippen LogP contribution in [0.1, 0.15) is 38.3 Å². The van der Waals surface area contributed by atoms with E-state index in [-0.39, 0.29) is 30.3 Å². The topological polar surface area (TPSA) is 154 Å². The number of carboxylic acids is 1. The van der Waals surface area contributed by atoms with E-state index in [0.29, 0.717) is 35.8 Å². The van der Waals surface area contributed by atoms with Crippen LogP contribution in [0.25, 0.3) is 0 Å². The van der Waals surface area contributed by atoms with Crippen molar-refractivity contribution in [2.75, 3.05) is 0 Å². The molecule has 2 aliphatic heterocycles. The highest BCUT2D eigenvalue weighted by molar-refractivity contribution is 14.1. The first-order valence-corrected chi connectivity index (χ1v) is 14.7. The van der Waals surface area contributed by atoms with Crippen molar-refractivity contribution in [1.29, 1.82) is 0 Å². The van der Waals surface area contributed by atoms with Gasteiger partial charge in [-0.25, -0.2) is 4.79 Å². The van der Waals surface area contributed by atoms with Gasteiger partial charge in [0.05, 0.1) is 12.5 Å². The summed E-state index contributed by atoms with van der Waals surface area (Å²) in [5, 5.41) is 28.5. The zero-order valence-corrected chi connectivity index (χ0v) is 26.6. The average Bonchev–Trinajstić information content (AvgIpc) is 2.85. The lowest BCUT2D eigenvalue weighted by molar-refractivity contribution is -0.142. The number of carboxylic acid groups (broad SMARTS) is 1. The van der Waals surface area contributed by atoms with Gasteiger partial charge >= 0.3 is 5.97 Å². The molecule has 10 nitrogen and oxygen atoms in total. The molecule has 4 rings (SSSR count). The van der Waals surface area contributed by atoms with Gasteiger partial charge in [0.15, 0.2) is 17.2 Å². The van der Waals surface area contributed by atoms with E-state index in [4.69, 9.17) is 4.74 Å². The third-order valence-electron chi connectivity index (χ3n) is 6.34. The van der Waals surface area contributed by atoms with Gasteiger partial charge in [-0.15, -0.1) is 0 Å². The van der Waals surface area contributed by atoms with Crippen LogP contribution in [0.2, 0.25) is 0 Å². The second kappa shape index (κ2) is 13.3. The number of ether oxygens (including phenoxy) is 1. The lowest BCUT2D eigenvalue weighted by Crippen LogP contribution is -2.58. The van der Waals surface area contributed by atoms with Gasteiger partial charge in [0, 0.05) is 19.8 Å². The van der Waals surface area contributed by atoms with E-state index < -0.39 is 41.8 Å². The van der Waals surface area contributed by atoms with E-state index in [1.165, 1.54) is 6.92 Å². The molecule has 4 bridgehead atoms. The highest BCUT2D eigenvalue weighted by Gasteiger charge is 2.33. The Labute approximate surface area is 256 Å². The number of phenolic OH excluding ortho intramolecular Hbond substituents is 1. The maximum atomic E-state index is 13.4. The van der Waals surface area contributed by atoms with Crippen molar-refractivity contribution in [3.05, 3.63) is 47.9 Å². The molecule has 2 aromatic rings. The predicted octanol–water partition coefficient (Wildman–Crippen LogP) is 4.02. The minimum atomic E-state index is -1.28. The van der Waals surface area contributed by atoms with Crippen molar-refractivity contribution < 1.29 is 34.1 Å². The molecule has 0 unspecified atom stereocenters. The summed E-state index contributed by atoms with van der Waals surface area (Å²) in [6.45, 7) is 4.90. The van der Waals surface area contributed by atoms with E-state index in [2.05, 4.69) is 47.8 Å². The Balaban J connectivity index is 2.18. The first-order chi connectivity index (χ1) is 18.3. The molecular weight excluding hydrogens is 753 g/mol. The van der Waals surface area contributed by atoms with E-state index in [0.717, 1.165) is 0 Å². The summed E-state index contributed by atoms with van der Waals surface area (Å²) in [6.07, 6.45) is 0.512. The Hall–Kier alpha value is -2.39. The second-order valence-electron chi connectivity index (χ2n) is 9.35. The molecule has 39 heavy (non-hydrogen) atoms. The summed E-state index contributed by atoms with van der Waals surface area (Å²) in [5.74, 6) is -2.94. The molecule has 0 spiro atoms. The summed E-state index contributed by atoms with van der Waals surface area (Å²) in [4.78, 5) is 50.8. The SMILES string of the molecule is CC[C@H](C)[C@H]1NC(=O)[C@@H](NC(C)=O)Cc2cc(I)c(O)c(c2)Oc2c(Br)cc(cc2Br)C[C@@H](C(=O)O)NC1=O. The molecule has 0 aromatic heterocycles. The van der Waals surface area contributed by atoms with Gasteiger partial charge in [-0.2, -0.15) is 0 Å². The highest BCUT2D eigenvalue weighted by Crippen LogP contribution is 2.42. The summed E-state index contributed by atoms with van der Waals surface area (Å²) in [7, 11) is 0. The van der Waals surface area contributed by atoms with E-state index >= 15 is 0 Å². The summed E-state index contributed by atoms with van der Waals surface area (Å²) < 4.78 is 7.47. The molecule has 0 saturated carbocycles. The number of phenols is 1. The van der Waals surface area contributed by atoms with Crippen LogP contribution in [-0.4, -0.2) is 52.0 Å². The Morgan fingerprint density at radius 2 is 1.72 bits per heavy atom. The Morgan fingerprint density at radius 3 is 2.28 bits per heavy atom. The van der Waals surface area contributed by atoms with E-state index in [1.807, 2.05) is 29.5 Å². The van der Waals surface area contributed by atoms with Crippen LogP contribution in [0.4, 0.5) is 0 Å². The average molecular weight is 781 g/mol. The fourth-order valence-corrected chi connectivity index (χ4v) is 6.21. The number of aromatic hydroxyl groups is 1. The maximum Gasteiger partial charge on any atom is 0.326 e. The molecule has 210 valence electrons. The van der Waals surface area contributed by atoms with Gasteiger partial charge < -0.3 is 30.9 Å². The quantitative estimate of drug-likeness (QED) is 0.294. The number of aliphatic carboxylic acids is 1. The number of benzene rings is 2. The molecule has 2 aliphatic rings. The highest BCUT2D eigenvalue weighted by atomic mass is 127. The number of hydrogen-bond donors (Lipinski definition) is 5. The fourth-order valence-electron chi connectivity index (χ4n) is 4.10. The number of hydrogen-bond acceptors (Lipinski definition) is 6. The summed E-state index contributed by atoms with van der Waals surface area (Å²) >= 11 is 8.86. The first-order valence-electron chi connectivity index (χ1n) is 12.1. The molecule has 0 radical (unpaired) electrons. The number of rotatable bonds is 4. The van der Waals surface area contributed by atoms with E-state index in [1.54, 1.807) is 31.2 Å². The van der Waals surface area contributed by atoms with Crippen LogP contribution in [0, 0.1) is 9.49 Å². The van der Waals surface area contributed by atoms with Crippen LogP contribution in [0.5, 0.6) is 17.2 Å². The number of carbonyl (C=O) groups is 4. The molecular formula is C26H28Br2IN3O7. The Bertz CT molecular complexity index is 1280. The summed E-state index contributed by atoms with van der Waals surface area (Å²) in [6, 6.07) is 3.20. The van der Waals surface area contributed by atoms with Crippen molar-refractivity contribution in [3.8, 4) is 17.2 Å². The largest absolute Gasteiger partial charge is 0.504 e. The number of amides is 3. The number of halogens is 3. The molecule has 0 aliphatic carbocycles. The van der Waals surface area contributed by atoms with Gasteiger partial charge in [-0.3, -0.25) is 14.4 Å². The Morgan fingerprint density at radius 1 is 1.10 bits per heavy atom. The summed E-state index contributed by atoms with van der Waals surface area (Å²) in [5.41, 5.74) is 1.17. The van der Waals surface area contributed by atoms with Crippen LogP contribution >= 0.6 is 54.5 Å². The molecule has 2 aromatic carbocycles. The van der Waals surface area contributed by atoms with Crippen molar-refractivity contribution in [2.24, 2.45) is 5.92 Å². The molecule has 5 N–H and O–H groups in total. The van der Waals surface area contributed by atoms with Crippen molar-refractivity contribution >= 4 is 78.1 Å². The number of nitrogens with one attached hydrogen (secondary N) is 3. The maximum absolute atomic E-state index is 13.4. The molecule has 3 amide bonds. The minimum absolute atomic E-state index is 0.0337. The van der Waals surface area contributed by atoms with Gasteiger partial charge in [-0.1, -0.05) is 20.3 Å². The van der Waals surface area contributed by atoms with Crippen LogP contribution in [0.3, 0.4) is 0 Å². The number of fused-ring (bicyclic) bond motifs is 10. The predicted molar refractivity (Wildman–Crippen MR) is 159 cm³/mol. The lowest BCUT2D eigenvalue weighted by atomic mass is 9.96. The molecule has 0 saturated heterocycles. The second-order valence-corrected chi connectivity index (χ2v) is 12.2. The van der Waals surface area contributed by atoms with Crippen molar-refractivity contribution in [2.45, 2.75) is 58.2 Å². The smallest absolute Gasteiger partial charge is 0.326 e. The first kappa shape index (κ1) is 31.1. The molecule has 4 atom stereocenters. The number of carbonyl (C=O) groups excluding carboxylic acids is 3. The van der Waals surface area contributed by atoms with E-state index in [9.17, 15) is 29.4 Å². The zero-order chi connectivity index (χ0) is 29.0. The molecule has 13 heteroatoms. The van der Waals surface area contributed by atoms with Gasteiger partial charge in [0.1, 0.15) is 18.1 Å². The monoisotopic (exact) mass is 779 g/mol. The van der Waals surface area contributed by atoms with Crippen molar-refractivity contribution in [1.82, 2.24) is 16.0 Å². The molecule has 2 heterocycles. The van der Waals surface area contributed by atoms with Gasteiger partial charge in [0.2, 0.25) is 17.7 Å². The van der Waals surface area contributed by atoms with Gasteiger partial charge in [-0.05, 0) is 95.8 Å². The van der Waals surface area contributed by atoms with Crippen LogP contribution in [0.15, 0.2) is 33.2 Å². The van der Waals surface area contributed by atoms with Crippen molar-refractivity contribution in [3.63, 3.8) is 0 Å².